The molecule has 0 saturated carbocycles. The molecule has 2 bridgehead atoms. The molecule has 1 aromatic carbocycles. The van der Waals surface area contributed by atoms with E-state index in [9.17, 15) is 17.8 Å². The van der Waals surface area contributed by atoms with Crippen molar-refractivity contribution in [3.05, 3.63) is 29.8 Å². The number of carbonyl (C=O) groups is 1. The lowest BCUT2D eigenvalue weighted by Crippen LogP contribution is -2.55. The van der Waals surface area contributed by atoms with Crippen molar-refractivity contribution in [1.82, 2.24) is 5.32 Å². The number of fused-ring (bicyclic) bond motifs is 2. The first-order valence-corrected chi connectivity index (χ1v) is 10.1. The monoisotopic (exact) mass is 368 g/mol. The van der Waals surface area contributed by atoms with Gasteiger partial charge in [-0.25, -0.2) is 8.42 Å². The summed E-state index contributed by atoms with van der Waals surface area (Å²) in [5.41, 5.74) is 0.928. The number of nitrogens with one attached hydrogen (secondary N) is 1. The van der Waals surface area contributed by atoms with Crippen LogP contribution in [0.5, 0.6) is 0 Å². The predicted molar refractivity (Wildman–Crippen MR) is 94.9 cm³/mol. The van der Waals surface area contributed by atoms with Crippen LogP contribution in [-0.4, -0.2) is 56.1 Å². The number of hydrogen-bond acceptors (Lipinski definition) is 4. The van der Waals surface area contributed by atoms with E-state index in [1.54, 1.807) is 12.1 Å². The Morgan fingerprint density at radius 3 is 2.20 bits per heavy atom. The number of nitrogens with zero attached hydrogens (tertiary/aromatic N) is 1. The van der Waals surface area contributed by atoms with Crippen molar-refractivity contribution >= 4 is 16.0 Å². The second-order valence-corrected chi connectivity index (χ2v) is 8.88. The molecule has 0 radical (unpaired) electrons. The van der Waals surface area contributed by atoms with Crippen LogP contribution < -0.4 is 5.32 Å². The first-order valence-electron chi connectivity index (χ1n) is 8.73. The van der Waals surface area contributed by atoms with E-state index in [1.807, 2.05) is 6.92 Å². The molecule has 0 aromatic heterocycles. The second kappa shape index (κ2) is 7.85. The van der Waals surface area contributed by atoms with E-state index < -0.39 is 10.1 Å². The summed E-state index contributed by atoms with van der Waals surface area (Å²) in [5, 5.41) is 3.04. The maximum Gasteiger partial charge on any atom is 0.226 e. The van der Waals surface area contributed by atoms with Gasteiger partial charge in [-0.1, -0.05) is 17.7 Å². The van der Waals surface area contributed by atoms with E-state index in [0.29, 0.717) is 12.1 Å². The van der Waals surface area contributed by atoms with Crippen LogP contribution >= 0.6 is 0 Å². The molecule has 3 rings (SSSR count). The zero-order valence-electron chi connectivity index (χ0n) is 15.2. The molecule has 2 unspecified atom stereocenters. The quantitative estimate of drug-likeness (QED) is 0.605. The van der Waals surface area contributed by atoms with Gasteiger partial charge < -0.3 is 14.4 Å². The van der Waals surface area contributed by atoms with Gasteiger partial charge in [0, 0.05) is 6.42 Å². The molecule has 2 saturated heterocycles. The minimum absolute atomic E-state index is 0.178. The number of quaternary nitrogens is 1. The van der Waals surface area contributed by atoms with Crippen LogP contribution in [0.1, 0.15) is 37.7 Å². The van der Waals surface area contributed by atoms with E-state index in [1.165, 1.54) is 37.8 Å². The van der Waals surface area contributed by atoms with Crippen LogP contribution in [0.15, 0.2) is 29.2 Å². The fraction of sp³-hybridized carbons (Fsp3) is 0.611. The summed E-state index contributed by atoms with van der Waals surface area (Å²) >= 11 is 0. The van der Waals surface area contributed by atoms with Gasteiger partial charge in [0.1, 0.15) is 16.2 Å². The Bertz CT molecular complexity index is 698. The van der Waals surface area contributed by atoms with Crippen molar-refractivity contribution in [3.63, 3.8) is 0 Å². The molecule has 6 nitrogen and oxygen atoms in total. The number of carbonyl (C=O) groups excluding carboxylic acids is 1. The minimum Gasteiger partial charge on any atom is -0.744 e. The van der Waals surface area contributed by atoms with Gasteiger partial charge in [0.2, 0.25) is 5.91 Å². The number of likely N-dealkylation sites (N-methyl/N-ethyl adjacent to an activating group) is 1. The molecule has 2 heterocycles. The molecule has 1 aromatic rings. The number of benzene rings is 1. The van der Waals surface area contributed by atoms with Crippen molar-refractivity contribution in [1.29, 1.82) is 0 Å². The van der Waals surface area contributed by atoms with Crippen molar-refractivity contribution in [2.45, 2.75) is 56.0 Å². The molecule has 0 spiro atoms. The third-order valence-electron chi connectivity index (χ3n) is 5.47. The normalized spacial score (nSPS) is 25.7. The Balaban J connectivity index is 0.000000186. The molecule has 0 aliphatic carbocycles. The van der Waals surface area contributed by atoms with Gasteiger partial charge in [-0.3, -0.25) is 4.79 Å². The van der Waals surface area contributed by atoms with Gasteiger partial charge in [-0.05, 0) is 38.3 Å². The molecule has 2 aliphatic heterocycles. The van der Waals surface area contributed by atoms with Crippen LogP contribution in [-0.2, 0) is 14.9 Å². The van der Waals surface area contributed by atoms with Gasteiger partial charge in [0.05, 0.1) is 38.0 Å². The Hall–Kier alpha value is -1.44. The predicted octanol–water partition coefficient (Wildman–Crippen LogP) is 1.79. The Morgan fingerprint density at radius 1 is 1.08 bits per heavy atom. The lowest BCUT2D eigenvalue weighted by molar-refractivity contribution is -0.935. The lowest BCUT2D eigenvalue weighted by Gasteiger charge is -2.40. The van der Waals surface area contributed by atoms with Crippen molar-refractivity contribution in [3.8, 4) is 0 Å². The van der Waals surface area contributed by atoms with E-state index in [0.717, 1.165) is 23.0 Å². The third kappa shape index (κ3) is 5.26. The number of rotatable bonds is 1. The molecule has 140 valence electrons. The molecular formula is C18H28N2O4S. The molecule has 2 aliphatic rings. The zero-order valence-corrected chi connectivity index (χ0v) is 16.0. The third-order valence-corrected chi connectivity index (χ3v) is 6.32. The molecule has 25 heavy (non-hydrogen) atoms. The fourth-order valence-electron chi connectivity index (χ4n) is 3.62. The molecule has 1 N–H and O–H groups in total. The van der Waals surface area contributed by atoms with E-state index >= 15 is 0 Å². The fourth-order valence-corrected chi connectivity index (χ4v) is 4.09. The van der Waals surface area contributed by atoms with E-state index in [4.69, 9.17) is 0 Å². The highest BCUT2D eigenvalue weighted by molar-refractivity contribution is 7.85. The molecule has 1 amide bonds. The highest BCUT2D eigenvalue weighted by Gasteiger charge is 2.41. The Labute approximate surface area is 150 Å². The molecular weight excluding hydrogens is 340 g/mol. The van der Waals surface area contributed by atoms with Crippen LogP contribution in [0.25, 0.3) is 0 Å². The average Bonchev–Trinajstić information content (AvgIpc) is 2.72. The van der Waals surface area contributed by atoms with Crippen LogP contribution in [0.3, 0.4) is 0 Å². The van der Waals surface area contributed by atoms with Gasteiger partial charge in [0.15, 0.2) is 0 Å². The molecule has 7 heteroatoms. The number of amides is 1. The number of hydrogen-bond donors (Lipinski definition) is 1. The molecule has 2 atom stereocenters. The molecule has 2 fully saturated rings. The van der Waals surface area contributed by atoms with Crippen molar-refractivity contribution in [2.75, 3.05) is 20.6 Å². The summed E-state index contributed by atoms with van der Waals surface area (Å²) in [7, 11) is 0.316. The summed E-state index contributed by atoms with van der Waals surface area (Å²) in [6, 6.07) is 6.96. The van der Waals surface area contributed by atoms with Gasteiger partial charge in [-0.2, -0.15) is 0 Å². The smallest absolute Gasteiger partial charge is 0.226 e. The summed E-state index contributed by atoms with van der Waals surface area (Å²) in [6.45, 7) is 2.70. The standard InChI is InChI=1S/C11H20N2O.C7H8O3S/c1-13(2)9-5-3-4-6-10(13)8-12-11(14)7-9;1-6-2-4-7(5-3-6)11(8,9)10/h9-10H,3-8H2,1-2H3;2-5H,1H3,(H,8,9,10). The maximum absolute atomic E-state index is 11.5. The van der Waals surface area contributed by atoms with Crippen LogP contribution in [0.4, 0.5) is 0 Å². The highest BCUT2D eigenvalue weighted by atomic mass is 32.2. The minimum atomic E-state index is -4.27. The summed E-state index contributed by atoms with van der Waals surface area (Å²) in [5.74, 6) is 0.255. The first-order chi connectivity index (χ1) is 11.6. The van der Waals surface area contributed by atoms with Crippen molar-refractivity contribution < 1.29 is 22.2 Å². The Morgan fingerprint density at radius 2 is 1.64 bits per heavy atom. The van der Waals surface area contributed by atoms with Gasteiger partial charge >= 0.3 is 0 Å². The van der Waals surface area contributed by atoms with Gasteiger partial charge in [0.25, 0.3) is 0 Å². The largest absolute Gasteiger partial charge is 0.744 e. The summed E-state index contributed by atoms with van der Waals surface area (Å²) in [6.07, 6.45) is 5.85. The highest BCUT2D eigenvalue weighted by Crippen LogP contribution is 2.29. The van der Waals surface area contributed by atoms with Gasteiger partial charge in [-0.15, -0.1) is 0 Å². The second-order valence-electron chi connectivity index (χ2n) is 7.50. The van der Waals surface area contributed by atoms with Crippen molar-refractivity contribution in [2.24, 2.45) is 0 Å². The topological polar surface area (TPSA) is 86.3 Å². The van der Waals surface area contributed by atoms with Crippen LogP contribution in [0, 0.1) is 6.92 Å². The average molecular weight is 368 g/mol. The Kier molecular flexibility index (Phi) is 6.24. The summed E-state index contributed by atoms with van der Waals surface area (Å²) < 4.78 is 32.2. The van der Waals surface area contributed by atoms with Crippen LogP contribution in [0.2, 0.25) is 0 Å². The summed E-state index contributed by atoms with van der Waals surface area (Å²) in [4.78, 5) is 11.3. The number of aryl methyl sites for hydroxylation is 1. The zero-order chi connectivity index (χ0) is 18.7. The first kappa shape index (κ1) is 19.9. The van der Waals surface area contributed by atoms with E-state index in [-0.39, 0.29) is 10.8 Å². The SMILES string of the molecule is C[N+]1(C)C2CCCCC1CC(=O)NC2.Cc1ccc(S(=O)(=O)[O-])cc1. The van der Waals surface area contributed by atoms with E-state index in [2.05, 4.69) is 19.4 Å². The lowest BCUT2D eigenvalue weighted by atomic mass is 10.1. The maximum atomic E-state index is 11.5.